The summed E-state index contributed by atoms with van der Waals surface area (Å²) in [6, 6.07) is 11.8. The Bertz CT molecular complexity index is 720. The van der Waals surface area contributed by atoms with Crippen LogP contribution in [0.5, 0.6) is 5.75 Å². The van der Waals surface area contributed by atoms with E-state index in [0.29, 0.717) is 16.9 Å². The first-order chi connectivity index (χ1) is 10.1. The molecule has 0 unspecified atom stereocenters. The van der Waals surface area contributed by atoms with Crippen molar-refractivity contribution in [3.8, 4) is 5.75 Å². The molecular weight excluding hydrogens is 269 g/mol. The van der Waals surface area contributed by atoms with Crippen molar-refractivity contribution in [2.24, 2.45) is 0 Å². The molecule has 106 valence electrons. The molecule has 0 atom stereocenters. The van der Waals surface area contributed by atoms with Crippen LogP contribution in [0.1, 0.15) is 11.1 Å². The molecular formula is C17H14FNO2. The van der Waals surface area contributed by atoms with Crippen LogP contribution in [0.2, 0.25) is 0 Å². The minimum atomic E-state index is -0.353. The molecule has 1 N–H and O–H groups in total. The van der Waals surface area contributed by atoms with Gasteiger partial charge in [-0.2, -0.15) is 0 Å². The van der Waals surface area contributed by atoms with E-state index in [1.54, 1.807) is 12.1 Å². The number of hydrogen-bond acceptors (Lipinski definition) is 2. The second-order valence-corrected chi connectivity index (χ2v) is 4.96. The van der Waals surface area contributed by atoms with Gasteiger partial charge in [0.05, 0.1) is 5.57 Å². The lowest BCUT2D eigenvalue weighted by Crippen LogP contribution is -2.21. The topological polar surface area (TPSA) is 38.3 Å². The average molecular weight is 283 g/mol. The summed E-state index contributed by atoms with van der Waals surface area (Å²) < 4.78 is 18.7. The Labute approximate surface area is 122 Å². The van der Waals surface area contributed by atoms with Gasteiger partial charge < -0.3 is 10.1 Å². The van der Waals surface area contributed by atoms with Gasteiger partial charge in [-0.3, -0.25) is 4.79 Å². The number of fused-ring (bicyclic) bond motifs is 1. The van der Waals surface area contributed by atoms with E-state index < -0.39 is 0 Å². The van der Waals surface area contributed by atoms with Crippen molar-refractivity contribution in [1.29, 1.82) is 0 Å². The molecule has 1 amide bonds. The molecule has 0 fully saturated rings. The number of ether oxygens (including phenoxy) is 1. The fourth-order valence-corrected chi connectivity index (χ4v) is 2.13. The van der Waals surface area contributed by atoms with E-state index >= 15 is 0 Å². The van der Waals surface area contributed by atoms with Crippen molar-refractivity contribution >= 4 is 17.7 Å². The SMILES string of the molecule is Cc1ccc(NC(=O)C2=Cc3cc(F)ccc3OC2)cc1. The number of aryl methyl sites for hydroxylation is 1. The van der Waals surface area contributed by atoms with Gasteiger partial charge in [0.25, 0.3) is 5.91 Å². The van der Waals surface area contributed by atoms with Crippen molar-refractivity contribution in [2.75, 3.05) is 11.9 Å². The lowest BCUT2D eigenvalue weighted by molar-refractivity contribution is -0.113. The third-order valence-corrected chi connectivity index (χ3v) is 3.29. The monoisotopic (exact) mass is 283 g/mol. The summed E-state index contributed by atoms with van der Waals surface area (Å²) in [7, 11) is 0. The normalized spacial score (nSPS) is 13.0. The Morgan fingerprint density at radius 3 is 2.71 bits per heavy atom. The molecule has 0 aliphatic carbocycles. The number of carbonyl (C=O) groups is 1. The van der Waals surface area contributed by atoms with Gasteiger partial charge in [-0.25, -0.2) is 4.39 Å². The van der Waals surface area contributed by atoms with Crippen LogP contribution in [0, 0.1) is 12.7 Å². The quantitative estimate of drug-likeness (QED) is 0.915. The van der Waals surface area contributed by atoms with Crippen molar-refractivity contribution in [1.82, 2.24) is 0 Å². The zero-order chi connectivity index (χ0) is 14.8. The first-order valence-electron chi connectivity index (χ1n) is 6.63. The first kappa shape index (κ1) is 13.4. The molecule has 3 nitrogen and oxygen atoms in total. The highest BCUT2D eigenvalue weighted by molar-refractivity contribution is 6.07. The first-order valence-corrected chi connectivity index (χ1v) is 6.63. The van der Waals surface area contributed by atoms with E-state index in [0.717, 1.165) is 11.3 Å². The van der Waals surface area contributed by atoms with E-state index in [2.05, 4.69) is 5.32 Å². The van der Waals surface area contributed by atoms with Crippen LogP contribution >= 0.6 is 0 Å². The third-order valence-electron chi connectivity index (χ3n) is 3.29. The van der Waals surface area contributed by atoms with Gasteiger partial charge in [-0.1, -0.05) is 17.7 Å². The number of halogens is 1. The Kier molecular flexibility index (Phi) is 3.44. The fourth-order valence-electron chi connectivity index (χ4n) is 2.13. The molecule has 1 aliphatic heterocycles. The summed E-state index contributed by atoms with van der Waals surface area (Å²) in [5, 5.41) is 2.80. The molecule has 4 heteroatoms. The van der Waals surface area contributed by atoms with Gasteiger partial charge in [0.15, 0.2) is 0 Å². The minimum Gasteiger partial charge on any atom is -0.488 e. The Morgan fingerprint density at radius 2 is 1.95 bits per heavy atom. The predicted molar refractivity (Wildman–Crippen MR) is 79.7 cm³/mol. The number of anilines is 1. The molecule has 21 heavy (non-hydrogen) atoms. The van der Waals surface area contributed by atoms with Crippen molar-refractivity contribution < 1.29 is 13.9 Å². The van der Waals surface area contributed by atoms with Gasteiger partial charge in [0, 0.05) is 11.3 Å². The number of benzene rings is 2. The van der Waals surface area contributed by atoms with Gasteiger partial charge >= 0.3 is 0 Å². The lowest BCUT2D eigenvalue weighted by Gasteiger charge is -2.17. The summed E-state index contributed by atoms with van der Waals surface area (Å²) in [6.45, 7) is 2.16. The molecule has 1 heterocycles. The molecule has 1 aliphatic rings. The van der Waals surface area contributed by atoms with Crippen LogP contribution in [0.25, 0.3) is 6.08 Å². The fraction of sp³-hybridized carbons (Fsp3) is 0.118. The smallest absolute Gasteiger partial charge is 0.255 e. The third kappa shape index (κ3) is 2.94. The Morgan fingerprint density at radius 1 is 1.19 bits per heavy atom. The highest BCUT2D eigenvalue weighted by Gasteiger charge is 2.17. The van der Waals surface area contributed by atoms with Crippen LogP contribution in [-0.2, 0) is 4.79 Å². The maximum Gasteiger partial charge on any atom is 0.255 e. The lowest BCUT2D eigenvalue weighted by atomic mass is 10.1. The second kappa shape index (κ2) is 5.40. The van der Waals surface area contributed by atoms with Crippen LogP contribution in [-0.4, -0.2) is 12.5 Å². The van der Waals surface area contributed by atoms with Crippen LogP contribution < -0.4 is 10.1 Å². The van der Waals surface area contributed by atoms with E-state index in [4.69, 9.17) is 4.74 Å². The summed E-state index contributed by atoms with van der Waals surface area (Å²) in [6.07, 6.45) is 1.66. The highest BCUT2D eigenvalue weighted by Crippen LogP contribution is 2.27. The molecule has 2 aromatic carbocycles. The molecule has 2 aromatic rings. The summed E-state index contributed by atoms with van der Waals surface area (Å²) in [5.74, 6) is -0.00848. The minimum absolute atomic E-state index is 0.177. The average Bonchev–Trinajstić information content (AvgIpc) is 2.48. The summed E-state index contributed by atoms with van der Waals surface area (Å²) in [5.41, 5.74) is 2.89. The molecule has 0 radical (unpaired) electrons. The zero-order valence-electron chi connectivity index (χ0n) is 11.5. The van der Waals surface area contributed by atoms with E-state index in [1.165, 1.54) is 12.1 Å². The summed E-state index contributed by atoms with van der Waals surface area (Å²) >= 11 is 0. The van der Waals surface area contributed by atoms with Gasteiger partial charge in [0.1, 0.15) is 18.2 Å². The van der Waals surface area contributed by atoms with Gasteiger partial charge in [-0.05, 0) is 43.3 Å². The summed E-state index contributed by atoms with van der Waals surface area (Å²) in [4.78, 5) is 12.2. The molecule has 0 spiro atoms. The molecule has 0 saturated carbocycles. The van der Waals surface area contributed by atoms with Crippen molar-refractivity contribution in [3.63, 3.8) is 0 Å². The Hall–Kier alpha value is -2.62. The van der Waals surface area contributed by atoms with Gasteiger partial charge in [-0.15, -0.1) is 0 Å². The molecule has 0 aromatic heterocycles. The second-order valence-electron chi connectivity index (χ2n) is 4.96. The van der Waals surface area contributed by atoms with Crippen molar-refractivity contribution in [2.45, 2.75) is 6.92 Å². The highest BCUT2D eigenvalue weighted by atomic mass is 19.1. The number of nitrogens with one attached hydrogen (secondary N) is 1. The maximum absolute atomic E-state index is 13.2. The molecule has 3 rings (SSSR count). The van der Waals surface area contributed by atoms with Gasteiger partial charge in [0.2, 0.25) is 0 Å². The molecule has 0 saturated heterocycles. The number of hydrogen-bond donors (Lipinski definition) is 1. The van der Waals surface area contributed by atoms with Crippen LogP contribution in [0.4, 0.5) is 10.1 Å². The zero-order valence-corrected chi connectivity index (χ0v) is 11.5. The number of rotatable bonds is 2. The number of amides is 1. The van der Waals surface area contributed by atoms with Crippen molar-refractivity contribution in [3.05, 3.63) is 65.0 Å². The standard InChI is InChI=1S/C17H14FNO2/c1-11-2-5-15(6-3-11)19-17(20)13-8-12-9-14(18)4-7-16(12)21-10-13/h2-9H,10H2,1H3,(H,19,20). The van der Waals surface area contributed by atoms with Crippen LogP contribution in [0.3, 0.4) is 0 Å². The predicted octanol–water partition coefficient (Wildman–Crippen LogP) is 3.55. The van der Waals surface area contributed by atoms with Crippen LogP contribution in [0.15, 0.2) is 48.0 Å². The molecule has 0 bridgehead atoms. The van der Waals surface area contributed by atoms with E-state index in [9.17, 15) is 9.18 Å². The number of carbonyl (C=O) groups excluding carboxylic acids is 1. The van der Waals surface area contributed by atoms with E-state index in [1.807, 2.05) is 31.2 Å². The largest absolute Gasteiger partial charge is 0.488 e. The Balaban J connectivity index is 1.81. The maximum atomic E-state index is 13.2. The van der Waals surface area contributed by atoms with E-state index in [-0.39, 0.29) is 18.3 Å².